The third kappa shape index (κ3) is 4.90. The highest BCUT2D eigenvalue weighted by molar-refractivity contribution is 9.11. The lowest BCUT2D eigenvalue weighted by Crippen LogP contribution is -2.45. The molecule has 1 N–H and O–H groups in total. The standard InChI is InChI=1S/C20H24BrN3O2S/c1-14(22-19(25)17-9-10-18(21)27-17)20(26)23(2)13-15-7-3-4-8-16(15)24-11-5-6-12-24/h3-4,7-10,14H,5-6,11-13H2,1-2H3,(H,22,25). The second kappa shape index (κ2) is 8.89. The van der Waals surface area contributed by atoms with E-state index >= 15 is 0 Å². The Labute approximate surface area is 172 Å². The minimum absolute atomic E-state index is 0.102. The maximum Gasteiger partial charge on any atom is 0.262 e. The predicted octanol–water partition coefficient (Wildman–Crippen LogP) is 3.89. The van der Waals surface area contributed by atoms with Gasteiger partial charge in [-0.1, -0.05) is 18.2 Å². The van der Waals surface area contributed by atoms with E-state index in [0.717, 1.165) is 22.4 Å². The van der Waals surface area contributed by atoms with Gasteiger partial charge in [0.1, 0.15) is 6.04 Å². The van der Waals surface area contributed by atoms with Gasteiger partial charge in [0, 0.05) is 32.4 Å². The van der Waals surface area contributed by atoms with Gasteiger partial charge in [-0.15, -0.1) is 11.3 Å². The molecule has 0 bridgehead atoms. The van der Waals surface area contributed by atoms with Crippen molar-refractivity contribution in [2.45, 2.75) is 32.4 Å². The molecule has 0 radical (unpaired) electrons. The van der Waals surface area contributed by atoms with Crippen LogP contribution in [0.2, 0.25) is 0 Å². The molecule has 2 amide bonds. The number of nitrogens with zero attached hydrogens (tertiary/aromatic N) is 2. The van der Waals surface area contributed by atoms with Crippen molar-refractivity contribution in [2.24, 2.45) is 0 Å². The van der Waals surface area contributed by atoms with Crippen LogP contribution in [-0.4, -0.2) is 42.9 Å². The number of carbonyl (C=O) groups excluding carboxylic acids is 2. The Morgan fingerprint density at radius 3 is 2.59 bits per heavy atom. The minimum Gasteiger partial charge on any atom is -0.371 e. The maximum absolute atomic E-state index is 12.7. The molecular formula is C20H24BrN3O2S. The van der Waals surface area contributed by atoms with Gasteiger partial charge in [-0.05, 0) is 59.5 Å². The lowest BCUT2D eigenvalue weighted by atomic mass is 10.1. The van der Waals surface area contributed by atoms with Gasteiger partial charge >= 0.3 is 0 Å². The molecule has 0 spiro atoms. The molecule has 7 heteroatoms. The van der Waals surface area contributed by atoms with E-state index in [9.17, 15) is 9.59 Å². The van der Waals surface area contributed by atoms with Gasteiger partial charge in [0.05, 0.1) is 8.66 Å². The summed E-state index contributed by atoms with van der Waals surface area (Å²) >= 11 is 4.70. The summed E-state index contributed by atoms with van der Waals surface area (Å²) < 4.78 is 0.891. The van der Waals surface area contributed by atoms with E-state index in [0.29, 0.717) is 11.4 Å². The number of para-hydroxylation sites is 1. The Bertz CT molecular complexity index is 817. The van der Waals surface area contributed by atoms with E-state index in [1.807, 2.05) is 18.2 Å². The van der Waals surface area contributed by atoms with Gasteiger partial charge in [-0.3, -0.25) is 9.59 Å². The molecule has 144 valence electrons. The molecule has 1 unspecified atom stereocenters. The molecule has 3 rings (SSSR count). The summed E-state index contributed by atoms with van der Waals surface area (Å²) in [5.74, 6) is -0.326. The summed E-state index contributed by atoms with van der Waals surface area (Å²) in [5, 5.41) is 2.79. The fraction of sp³-hybridized carbons (Fsp3) is 0.400. The molecule has 5 nitrogen and oxygen atoms in total. The average Bonchev–Trinajstić information content (AvgIpc) is 3.33. The number of likely N-dealkylation sites (N-methyl/N-ethyl adjacent to an activating group) is 1. The molecule has 2 aromatic rings. The Kier molecular flexibility index (Phi) is 6.55. The van der Waals surface area contributed by atoms with Crippen LogP contribution in [0.3, 0.4) is 0 Å². The molecule has 2 heterocycles. The fourth-order valence-corrected chi connectivity index (χ4v) is 4.63. The van der Waals surface area contributed by atoms with Gasteiger partial charge in [0.2, 0.25) is 5.91 Å². The van der Waals surface area contributed by atoms with Crippen molar-refractivity contribution < 1.29 is 9.59 Å². The number of nitrogens with one attached hydrogen (secondary N) is 1. The summed E-state index contributed by atoms with van der Waals surface area (Å²) in [6.07, 6.45) is 2.43. The highest BCUT2D eigenvalue weighted by Crippen LogP contribution is 2.25. The van der Waals surface area contributed by atoms with Crippen molar-refractivity contribution in [3.63, 3.8) is 0 Å². The SMILES string of the molecule is CC(NC(=O)c1ccc(Br)s1)C(=O)N(C)Cc1ccccc1N1CCCC1. The molecule has 1 aromatic carbocycles. The topological polar surface area (TPSA) is 52.7 Å². The number of anilines is 1. The first kappa shape index (κ1) is 19.9. The van der Waals surface area contributed by atoms with Crippen LogP contribution in [0.4, 0.5) is 5.69 Å². The van der Waals surface area contributed by atoms with Gasteiger partial charge in [-0.25, -0.2) is 0 Å². The van der Waals surface area contributed by atoms with Crippen LogP contribution in [0, 0.1) is 0 Å². The van der Waals surface area contributed by atoms with Crippen LogP contribution in [0.5, 0.6) is 0 Å². The van der Waals surface area contributed by atoms with Crippen LogP contribution in [0.25, 0.3) is 0 Å². The molecule has 1 aliphatic heterocycles. The molecule has 0 saturated carbocycles. The Hall–Kier alpha value is -1.86. The number of carbonyl (C=O) groups is 2. The number of amides is 2. The van der Waals surface area contributed by atoms with Crippen molar-refractivity contribution in [3.05, 3.63) is 50.6 Å². The van der Waals surface area contributed by atoms with Gasteiger partial charge in [0.15, 0.2) is 0 Å². The molecule has 1 saturated heterocycles. The number of benzene rings is 1. The van der Waals surface area contributed by atoms with Crippen molar-refractivity contribution >= 4 is 44.8 Å². The van der Waals surface area contributed by atoms with Crippen molar-refractivity contribution in [1.29, 1.82) is 0 Å². The Morgan fingerprint density at radius 1 is 1.22 bits per heavy atom. The highest BCUT2D eigenvalue weighted by Gasteiger charge is 2.22. The number of thiophene rings is 1. The lowest BCUT2D eigenvalue weighted by molar-refractivity contribution is -0.132. The van der Waals surface area contributed by atoms with E-state index in [4.69, 9.17) is 0 Å². The van der Waals surface area contributed by atoms with Crippen molar-refractivity contribution in [3.8, 4) is 0 Å². The largest absolute Gasteiger partial charge is 0.371 e. The molecule has 1 aliphatic rings. The molecular weight excluding hydrogens is 426 g/mol. The summed E-state index contributed by atoms with van der Waals surface area (Å²) in [6, 6.07) is 11.2. The average molecular weight is 450 g/mol. The zero-order chi connectivity index (χ0) is 19.4. The van der Waals surface area contributed by atoms with E-state index in [2.05, 4.69) is 38.3 Å². The summed E-state index contributed by atoms with van der Waals surface area (Å²) in [6.45, 7) is 4.39. The lowest BCUT2D eigenvalue weighted by Gasteiger charge is -2.26. The first-order chi connectivity index (χ1) is 13.0. The number of hydrogen-bond acceptors (Lipinski definition) is 4. The minimum atomic E-state index is -0.581. The van der Waals surface area contributed by atoms with E-state index in [-0.39, 0.29) is 11.8 Å². The van der Waals surface area contributed by atoms with Crippen LogP contribution in [-0.2, 0) is 11.3 Å². The quantitative estimate of drug-likeness (QED) is 0.727. The number of rotatable bonds is 6. The Morgan fingerprint density at radius 2 is 1.93 bits per heavy atom. The van der Waals surface area contributed by atoms with E-state index < -0.39 is 6.04 Å². The fourth-order valence-electron chi connectivity index (χ4n) is 3.34. The third-order valence-electron chi connectivity index (χ3n) is 4.74. The molecule has 1 fully saturated rings. The smallest absolute Gasteiger partial charge is 0.262 e. The van der Waals surface area contributed by atoms with Crippen LogP contribution >= 0.6 is 27.3 Å². The molecule has 1 aromatic heterocycles. The monoisotopic (exact) mass is 449 g/mol. The van der Waals surface area contributed by atoms with E-state index in [1.165, 1.54) is 29.9 Å². The summed E-state index contributed by atoms with van der Waals surface area (Å²) in [5.41, 5.74) is 2.34. The molecule has 0 aliphatic carbocycles. The molecule has 1 atom stereocenters. The summed E-state index contributed by atoms with van der Waals surface area (Å²) in [4.78, 5) is 29.7. The first-order valence-electron chi connectivity index (χ1n) is 9.09. The van der Waals surface area contributed by atoms with Crippen molar-refractivity contribution in [2.75, 3.05) is 25.0 Å². The van der Waals surface area contributed by atoms with Crippen LogP contribution in [0.15, 0.2) is 40.2 Å². The summed E-state index contributed by atoms with van der Waals surface area (Å²) in [7, 11) is 1.79. The number of halogens is 1. The Balaban J connectivity index is 1.63. The zero-order valence-corrected chi connectivity index (χ0v) is 18.0. The highest BCUT2D eigenvalue weighted by atomic mass is 79.9. The maximum atomic E-state index is 12.7. The van der Waals surface area contributed by atoms with Gasteiger partial charge in [0.25, 0.3) is 5.91 Å². The second-order valence-corrected chi connectivity index (χ2v) is 9.28. The number of hydrogen-bond donors (Lipinski definition) is 1. The van der Waals surface area contributed by atoms with Crippen molar-refractivity contribution in [1.82, 2.24) is 10.2 Å². The third-order valence-corrected chi connectivity index (χ3v) is 6.36. The van der Waals surface area contributed by atoms with Crippen LogP contribution < -0.4 is 10.2 Å². The predicted molar refractivity (Wildman–Crippen MR) is 113 cm³/mol. The van der Waals surface area contributed by atoms with Gasteiger partial charge < -0.3 is 15.1 Å². The second-order valence-electron chi connectivity index (χ2n) is 6.82. The van der Waals surface area contributed by atoms with Gasteiger partial charge in [-0.2, -0.15) is 0 Å². The zero-order valence-electron chi connectivity index (χ0n) is 15.6. The molecule has 27 heavy (non-hydrogen) atoms. The normalized spacial score (nSPS) is 14.9. The van der Waals surface area contributed by atoms with Crippen LogP contribution in [0.1, 0.15) is 35.0 Å². The first-order valence-corrected chi connectivity index (χ1v) is 10.7. The van der Waals surface area contributed by atoms with E-state index in [1.54, 1.807) is 24.9 Å².